The maximum Gasteiger partial charge on any atom is 0.142 e. The van der Waals surface area contributed by atoms with Gasteiger partial charge in [-0.15, -0.1) is 0 Å². The topological polar surface area (TPSA) is 46.6 Å². The van der Waals surface area contributed by atoms with Crippen LogP contribution < -0.4 is 15.0 Å². The van der Waals surface area contributed by atoms with Gasteiger partial charge in [0.1, 0.15) is 10.7 Å². The minimum atomic E-state index is 0.572. The molecule has 120 valence electrons. The normalized spacial score (nSPS) is 14.4. The van der Waals surface area contributed by atoms with Crippen LogP contribution in [0.4, 0.5) is 11.4 Å². The summed E-state index contributed by atoms with van der Waals surface area (Å²) in [5, 5.41) is 3.24. The highest BCUT2D eigenvalue weighted by molar-refractivity contribution is 7.81. The minimum Gasteiger partial charge on any atom is -0.495 e. The summed E-state index contributed by atoms with van der Waals surface area (Å²) in [6, 6.07) is 11.7. The van der Waals surface area contributed by atoms with Gasteiger partial charge in [0.05, 0.1) is 31.7 Å². The van der Waals surface area contributed by atoms with Crippen LogP contribution in [-0.4, -0.2) is 43.4 Å². The predicted octanol–water partition coefficient (Wildman–Crippen LogP) is 2.71. The van der Waals surface area contributed by atoms with Crippen LogP contribution in [0.25, 0.3) is 0 Å². The molecule has 1 aliphatic rings. The third kappa shape index (κ3) is 3.78. The zero-order valence-corrected chi connectivity index (χ0v) is 13.8. The van der Waals surface area contributed by atoms with Crippen molar-refractivity contribution in [1.29, 1.82) is 0 Å². The van der Waals surface area contributed by atoms with Gasteiger partial charge >= 0.3 is 0 Å². The number of nitrogens with zero attached hydrogens (tertiary/aromatic N) is 2. The fraction of sp³-hybridized carbons (Fsp3) is 0.294. The molecule has 1 aromatic heterocycles. The summed E-state index contributed by atoms with van der Waals surface area (Å²) < 4.78 is 10.8. The zero-order valence-electron chi connectivity index (χ0n) is 13.0. The molecule has 0 atom stereocenters. The maximum absolute atomic E-state index is 5.45. The van der Waals surface area contributed by atoms with Gasteiger partial charge in [-0.2, -0.15) is 0 Å². The molecule has 1 fully saturated rings. The number of pyridine rings is 1. The monoisotopic (exact) mass is 329 g/mol. The Hall–Kier alpha value is -2.18. The van der Waals surface area contributed by atoms with Crippen molar-refractivity contribution in [2.45, 2.75) is 0 Å². The van der Waals surface area contributed by atoms with Crippen molar-refractivity contribution in [3.8, 4) is 5.75 Å². The Balaban J connectivity index is 1.83. The van der Waals surface area contributed by atoms with Crippen molar-refractivity contribution < 1.29 is 9.47 Å². The molecule has 23 heavy (non-hydrogen) atoms. The third-order valence-corrected chi connectivity index (χ3v) is 4.02. The van der Waals surface area contributed by atoms with Gasteiger partial charge in [0.25, 0.3) is 0 Å². The number of morpholine rings is 1. The molecule has 2 aromatic rings. The van der Waals surface area contributed by atoms with Gasteiger partial charge in [0, 0.05) is 25.0 Å². The molecule has 5 nitrogen and oxygen atoms in total. The molecular formula is C17H19N3O2S. The van der Waals surface area contributed by atoms with Crippen molar-refractivity contribution in [3.63, 3.8) is 0 Å². The quantitative estimate of drug-likeness (QED) is 0.870. The second kappa shape index (κ2) is 7.39. The van der Waals surface area contributed by atoms with E-state index in [9.17, 15) is 0 Å². The average molecular weight is 329 g/mol. The average Bonchev–Trinajstić information content (AvgIpc) is 2.63. The molecule has 0 bridgehead atoms. The van der Waals surface area contributed by atoms with E-state index in [0.717, 1.165) is 49.1 Å². The number of hydrogen-bond donors (Lipinski definition) is 1. The molecule has 1 N–H and O–H groups in total. The Morgan fingerprint density at radius 1 is 1.26 bits per heavy atom. The highest BCUT2D eigenvalue weighted by Gasteiger charge is 2.14. The van der Waals surface area contributed by atoms with Gasteiger partial charge in [-0.3, -0.25) is 4.98 Å². The molecule has 1 aromatic carbocycles. The van der Waals surface area contributed by atoms with Gasteiger partial charge in [0.15, 0.2) is 0 Å². The Morgan fingerprint density at radius 3 is 2.78 bits per heavy atom. The SMILES string of the molecule is COc1ccc(N2CCOCC2)cc1NC(=S)c1ccccn1. The number of rotatable bonds is 4. The van der Waals surface area contributed by atoms with E-state index in [0.29, 0.717) is 4.99 Å². The van der Waals surface area contributed by atoms with Crippen LogP contribution in [0.3, 0.4) is 0 Å². The largest absolute Gasteiger partial charge is 0.495 e. The van der Waals surface area contributed by atoms with E-state index < -0.39 is 0 Å². The minimum absolute atomic E-state index is 0.572. The lowest BCUT2D eigenvalue weighted by Crippen LogP contribution is -2.36. The summed E-state index contributed by atoms with van der Waals surface area (Å²) in [5.74, 6) is 0.750. The van der Waals surface area contributed by atoms with Gasteiger partial charge in [0.2, 0.25) is 0 Å². The lowest BCUT2D eigenvalue weighted by atomic mass is 10.2. The summed E-state index contributed by atoms with van der Waals surface area (Å²) >= 11 is 5.45. The van der Waals surface area contributed by atoms with Crippen molar-refractivity contribution in [1.82, 2.24) is 4.98 Å². The van der Waals surface area contributed by atoms with Crippen LogP contribution in [0.15, 0.2) is 42.6 Å². The van der Waals surface area contributed by atoms with Crippen molar-refractivity contribution in [3.05, 3.63) is 48.3 Å². The van der Waals surface area contributed by atoms with E-state index in [1.54, 1.807) is 13.3 Å². The molecule has 0 amide bonds. The van der Waals surface area contributed by atoms with Crippen LogP contribution >= 0.6 is 12.2 Å². The number of benzene rings is 1. The standard InChI is InChI=1S/C17H19N3O2S/c1-21-16-6-5-13(20-8-10-22-11-9-20)12-15(16)19-17(23)14-4-2-3-7-18-14/h2-7,12H,8-11H2,1H3,(H,19,23). The van der Waals surface area contributed by atoms with E-state index in [1.165, 1.54) is 0 Å². The fourth-order valence-electron chi connectivity index (χ4n) is 2.50. The highest BCUT2D eigenvalue weighted by Crippen LogP contribution is 2.30. The van der Waals surface area contributed by atoms with Gasteiger partial charge in [-0.25, -0.2) is 0 Å². The summed E-state index contributed by atoms with van der Waals surface area (Å²) in [5.41, 5.74) is 2.70. The third-order valence-electron chi connectivity index (χ3n) is 3.71. The maximum atomic E-state index is 5.45. The van der Waals surface area contributed by atoms with Crippen LogP contribution in [0.2, 0.25) is 0 Å². The predicted molar refractivity (Wildman–Crippen MR) is 95.6 cm³/mol. The number of nitrogens with one attached hydrogen (secondary N) is 1. The second-order valence-electron chi connectivity index (χ2n) is 5.15. The number of anilines is 2. The number of thiocarbonyl (C=S) groups is 1. The second-order valence-corrected chi connectivity index (χ2v) is 5.56. The van der Waals surface area contributed by atoms with E-state index in [2.05, 4.69) is 27.3 Å². The van der Waals surface area contributed by atoms with Gasteiger partial charge < -0.3 is 19.7 Å². The highest BCUT2D eigenvalue weighted by atomic mass is 32.1. The molecule has 0 radical (unpaired) electrons. The number of aromatic nitrogens is 1. The molecule has 2 heterocycles. The molecule has 0 saturated carbocycles. The Morgan fingerprint density at radius 2 is 2.09 bits per heavy atom. The summed E-state index contributed by atoms with van der Waals surface area (Å²) in [6.07, 6.45) is 1.73. The Labute approximate surface area is 141 Å². The molecule has 1 aliphatic heterocycles. The molecule has 0 unspecified atom stereocenters. The first-order chi connectivity index (χ1) is 11.3. The zero-order chi connectivity index (χ0) is 16.1. The summed E-state index contributed by atoms with van der Waals surface area (Å²) in [4.78, 5) is 7.13. The first-order valence-electron chi connectivity index (χ1n) is 7.51. The summed E-state index contributed by atoms with van der Waals surface area (Å²) in [7, 11) is 1.65. The number of ether oxygens (including phenoxy) is 2. The summed E-state index contributed by atoms with van der Waals surface area (Å²) in [6.45, 7) is 3.27. The van der Waals surface area contributed by atoms with Crippen molar-refractivity contribution in [2.24, 2.45) is 0 Å². The lowest BCUT2D eigenvalue weighted by Gasteiger charge is -2.29. The van der Waals surface area contributed by atoms with E-state index in [-0.39, 0.29) is 0 Å². The lowest BCUT2D eigenvalue weighted by molar-refractivity contribution is 0.122. The van der Waals surface area contributed by atoms with E-state index >= 15 is 0 Å². The van der Waals surface area contributed by atoms with Gasteiger partial charge in [-0.1, -0.05) is 18.3 Å². The van der Waals surface area contributed by atoms with Crippen LogP contribution in [0, 0.1) is 0 Å². The molecule has 6 heteroatoms. The van der Waals surface area contributed by atoms with E-state index in [4.69, 9.17) is 21.7 Å². The van der Waals surface area contributed by atoms with Crippen molar-refractivity contribution in [2.75, 3.05) is 43.6 Å². The van der Waals surface area contributed by atoms with Crippen LogP contribution in [-0.2, 0) is 4.74 Å². The van der Waals surface area contributed by atoms with E-state index in [1.807, 2.05) is 24.3 Å². The molecule has 3 rings (SSSR count). The fourth-order valence-corrected chi connectivity index (χ4v) is 2.73. The van der Waals surface area contributed by atoms with Crippen molar-refractivity contribution >= 4 is 28.6 Å². The molecule has 1 saturated heterocycles. The molecule has 0 aliphatic carbocycles. The first kappa shape index (κ1) is 15.7. The van der Waals surface area contributed by atoms with Gasteiger partial charge in [-0.05, 0) is 30.3 Å². The Bertz CT molecular complexity index is 673. The molecule has 0 spiro atoms. The Kier molecular flexibility index (Phi) is 5.05. The smallest absolute Gasteiger partial charge is 0.142 e. The van der Waals surface area contributed by atoms with Crippen LogP contribution in [0.5, 0.6) is 5.75 Å². The number of hydrogen-bond acceptors (Lipinski definition) is 5. The number of methoxy groups -OCH3 is 1. The molecular weight excluding hydrogens is 310 g/mol. The first-order valence-corrected chi connectivity index (χ1v) is 7.92. The van der Waals surface area contributed by atoms with Crippen LogP contribution in [0.1, 0.15) is 5.69 Å².